The maximum atomic E-state index is 6.69. The third kappa shape index (κ3) is 3.01. The average molecular weight is 408 g/mol. The molecule has 0 aliphatic carbocycles. The molecule has 0 radical (unpaired) electrons. The lowest BCUT2D eigenvalue weighted by atomic mass is 9.90. The number of para-hydroxylation sites is 1. The molecule has 1 saturated heterocycles. The molecule has 3 heterocycles. The maximum absolute atomic E-state index is 6.69. The van der Waals surface area contributed by atoms with Crippen LogP contribution in [-0.4, -0.2) is 55.2 Å². The van der Waals surface area contributed by atoms with Crippen molar-refractivity contribution in [2.75, 3.05) is 33.9 Å². The van der Waals surface area contributed by atoms with E-state index in [-0.39, 0.29) is 11.8 Å². The van der Waals surface area contributed by atoms with Gasteiger partial charge in [0.1, 0.15) is 17.2 Å². The zero-order valence-corrected chi connectivity index (χ0v) is 17.9. The highest BCUT2D eigenvalue weighted by Crippen LogP contribution is 2.50. The van der Waals surface area contributed by atoms with Crippen molar-refractivity contribution < 1.29 is 14.2 Å². The first-order valence-electron chi connectivity index (χ1n) is 10.8. The first-order chi connectivity index (χ1) is 14.7. The molecule has 6 nitrogen and oxygen atoms in total. The van der Waals surface area contributed by atoms with Crippen LogP contribution in [0.1, 0.15) is 43.4 Å². The molecule has 0 bridgehead atoms. The lowest BCUT2D eigenvalue weighted by Crippen LogP contribution is -2.59. The Morgan fingerprint density at radius 1 is 1.10 bits per heavy atom. The van der Waals surface area contributed by atoms with E-state index in [1.807, 2.05) is 18.2 Å². The minimum absolute atomic E-state index is 0.185. The Bertz CT molecular complexity index is 966. The highest BCUT2D eigenvalue weighted by molar-refractivity contribution is 6.04. The molecule has 3 aliphatic heterocycles. The van der Waals surface area contributed by atoms with Crippen molar-refractivity contribution in [3.8, 4) is 17.2 Å². The minimum Gasteiger partial charge on any atom is -0.497 e. The van der Waals surface area contributed by atoms with Crippen LogP contribution >= 0.6 is 0 Å². The zero-order chi connectivity index (χ0) is 20.7. The first-order valence-corrected chi connectivity index (χ1v) is 10.8. The highest BCUT2D eigenvalue weighted by Gasteiger charge is 2.51. The first kappa shape index (κ1) is 19.2. The van der Waals surface area contributed by atoms with Crippen LogP contribution in [-0.2, 0) is 0 Å². The molecule has 1 unspecified atom stereocenters. The van der Waals surface area contributed by atoms with Gasteiger partial charge in [-0.1, -0.05) is 25.1 Å². The summed E-state index contributed by atoms with van der Waals surface area (Å²) in [6, 6.07) is 14.6. The van der Waals surface area contributed by atoms with Crippen LogP contribution in [0.25, 0.3) is 0 Å². The van der Waals surface area contributed by atoms with Gasteiger partial charge in [0.25, 0.3) is 0 Å². The third-order valence-corrected chi connectivity index (χ3v) is 6.71. The molecule has 3 aliphatic rings. The van der Waals surface area contributed by atoms with Crippen molar-refractivity contribution in [3.63, 3.8) is 0 Å². The van der Waals surface area contributed by atoms with Crippen LogP contribution in [0.3, 0.4) is 0 Å². The standard InChI is InChI=1S/C24H29N3O3/c1-4-26-13-11-24(12-14-26)27-21(19-7-5-6-8-22(19)30-24)16-20(25-27)18-10-9-17(28-2)15-23(18)29-3/h5-10,15,21H,4,11-14,16H2,1-3H3. The maximum Gasteiger partial charge on any atom is 0.200 e. The molecule has 0 aromatic heterocycles. The van der Waals surface area contributed by atoms with E-state index >= 15 is 0 Å². The van der Waals surface area contributed by atoms with Crippen LogP contribution in [0.2, 0.25) is 0 Å². The molecule has 2 aromatic rings. The van der Waals surface area contributed by atoms with Crippen molar-refractivity contribution in [1.82, 2.24) is 9.91 Å². The minimum atomic E-state index is -0.383. The fourth-order valence-corrected chi connectivity index (χ4v) is 4.98. The van der Waals surface area contributed by atoms with Gasteiger partial charge in [-0.05, 0) is 24.7 Å². The molecular weight excluding hydrogens is 378 g/mol. The normalized spacial score (nSPS) is 22.2. The molecule has 0 saturated carbocycles. The number of benzene rings is 2. The van der Waals surface area contributed by atoms with E-state index in [1.54, 1.807) is 14.2 Å². The molecule has 5 rings (SSSR count). The number of methoxy groups -OCH3 is 2. The van der Waals surface area contributed by atoms with Crippen molar-refractivity contribution in [3.05, 3.63) is 53.6 Å². The van der Waals surface area contributed by atoms with Gasteiger partial charge in [0, 0.05) is 49.5 Å². The summed E-state index contributed by atoms with van der Waals surface area (Å²) in [5.41, 5.74) is 2.89. The summed E-state index contributed by atoms with van der Waals surface area (Å²) in [5, 5.41) is 7.41. The zero-order valence-electron chi connectivity index (χ0n) is 17.9. The summed E-state index contributed by atoms with van der Waals surface area (Å²) in [4.78, 5) is 2.48. The second kappa shape index (κ2) is 7.51. The number of hydrazone groups is 1. The summed E-state index contributed by atoms with van der Waals surface area (Å²) in [6.07, 6.45) is 2.73. The molecule has 6 heteroatoms. The second-order valence-corrected chi connectivity index (χ2v) is 8.20. The van der Waals surface area contributed by atoms with E-state index in [1.165, 1.54) is 5.56 Å². The van der Waals surface area contributed by atoms with Crippen molar-refractivity contribution in [2.24, 2.45) is 5.10 Å². The lowest BCUT2D eigenvalue weighted by molar-refractivity contribution is -0.149. The van der Waals surface area contributed by atoms with Crippen molar-refractivity contribution >= 4 is 5.71 Å². The highest BCUT2D eigenvalue weighted by atomic mass is 16.5. The number of hydrogen-bond donors (Lipinski definition) is 0. The molecule has 158 valence electrons. The Labute approximate surface area is 178 Å². The van der Waals surface area contributed by atoms with Crippen LogP contribution in [0, 0.1) is 0 Å². The SMILES string of the molecule is CCN1CCC2(CC1)Oc1ccccc1C1CC(c3ccc(OC)cc3OC)=NN12. The molecule has 1 atom stereocenters. The molecule has 0 N–H and O–H groups in total. The van der Waals surface area contributed by atoms with Gasteiger partial charge in [0.15, 0.2) is 0 Å². The Kier molecular flexibility index (Phi) is 4.82. The summed E-state index contributed by atoms with van der Waals surface area (Å²) in [5.74, 6) is 2.57. The van der Waals surface area contributed by atoms with Gasteiger partial charge in [-0.15, -0.1) is 0 Å². The van der Waals surface area contributed by atoms with Crippen LogP contribution < -0.4 is 14.2 Å². The number of rotatable bonds is 4. The van der Waals surface area contributed by atoms with Gasteiger partial charge >= 0.3 is 0 Å². The number of fused-ring (bicyclic) bond motifs is 4. The number of piperidine rings is 1. The quantitative estimate of drug-likeness (QED) is 0.765. The van der Waals surface area contributed by atoms with Gasteiger partial charge in [0.05, 0.1) is 26.0 Å². The number of likely N-dealkylation sites (tertiary alicyclic amines) is 1. The predicted molar refractivity (Wildman–Crippen MR) is 116 cm³/mol. The van der Waals surface area contributed by atoms with E-state index in [4.69, 9.17) is 19.3 Å². The Morgan fingerprint density at radius 3 is 2.63 bits per heavy atom. The molecule has 1 spiro atoms. The van der Waals surface area contributed by atoms with Crippen LogP contribution in [0.5, 0.6) is 17.2 Å². The molecule has 2 aromatic carbocycles. The van der Waals surface area contributed by atoms with Gasteiger partial charge in [-0.25, -0.2) is 5.01 Å². The van der Waals surface area contributed by atoms with Crippen LogP contribution in [0.4, 0.5) is 0 Å². The van der Waals surface area contributed by atoms with Crippen molar-refractivity contribution in [2.45, 2.75) is 38.0 Å². The average Bonchev–Trinajstić information content (AvgIpc) is 3.26. The van der Waals surface area contributed by atoms with Crippen LogP contribution in [0.15, 0.2) is 47.6 Å². The molecule has 1 fully saturated rings. The Hall–Kier alpha value is -2.73. The van der Waals surface area contributed by atoms with Crippen molar-refractivity contribution in [1.29, 1.82) is 0 Å². The largest absolute Gasteiger partial charge is 0.497 e. The van der Waals surface area contributed by atoms with Gasteiger partial charge < -0.3 is 19.1 Å². The molecule has 0 amide bonds. The van der Waals surface area contributed by atoms with Gasteiger partial charge in [0.2, 0.25) is 5.72 Å². The fraction of sp³-hybridized carbons (Fsp3) is 0.458. The topological polar surface area (TPSA) is 46.5 Å². The number of nitrogens with zero attached hydrogens (tertiary/aromatic N) is 3. The molecule has 30 heavy (non-hydrogen) atoms. The summed E-state index contributed by atoms with van der Waals surface area (Å²) >= 11 is 0. The third-order valence-electron chi connectivity index (χ3n) is 6.71. The fourth-order valence-electron chi connectivity index (χ4n) is 4.98. The summed E-state index contributed by atoms with van der Waals surface area (Å²) < 4.78 is 17.7. The lowest BCUT2D eigenvalue weighted by Gasteiger charge is -2.51. The van der Waals surface area contributed by atoms with E-state index in [2.05, 4.69) is 41.1 Å². The van der Waals surface area contributed by atoms with Gasteiger partial charge in [-0.2, -0.15) is 5.10 Å². The second-order valence-electron chi connectivity index (χ2n) is 8.20. The smallest absolute Gasteiger partial charge is 0.200 e. The van der Waals surface area contributed by atoms with E-state index in [0.29, 0.717) is 0 Å². The Balaban J connectivity index is 1.55. The number of hydrogen-bond acceptors (Lipinski definition) is 6. The van der Waals surface area contributed by atoms with E-state index in [0.717, 1.165) is 67.4 Å². The number of ether oxygens (including phenoxy) is 3. The predicted octanol–water partition coefficient (Wildman–Crippen LogP) is 4.06. The summed E-state index contributed by atoms with van der Waals surface area (Å²) in [7, 11) is 3.37. The summed E-state index contributed by atoms with van der Waals surface area (Å²) in [6.45, 7) is 5.35. The van der Waals surface area contributed by atoms with E-state index < -0.39 is 0 Å². The monoisotopic (exact) mass is 407 g/mol. The van der Waals surface area contributed by atoms with Gasteiger partial charge in [-0.3, -0.25) is 0 Å². The molecular formula is C24H29N3O3. The van der Waals surface area contributed by atoms with E-state index in [9.17, 15) is 0 Å². The Morgan fingerprint density at radius 2 is 1.90 bits per heavy atom.